The Hall–Kier alpha value is -1.71. The molecule has 2 aromatic carbocycles. The first-order valence-corrected chi connectivity index (χ1v) is 13.7. The molecule has 7 nitrogen and oxygen atoms in total. The molecule has 2 rings (SSSR count). The normalized spacial score (nSPS) is 12.2. The summed E-state index contributed by atoms with van der Waals surface area (Å²) in [5.41, 5.74) is 0.487. The van der Waals surface area contributed by atoms with Crippen molar-refractivity contribution in [2.24, 2.45) is 0 Å². The number of sulfonamides is 1. The minimum atomic E-state index is -3.95. The molecular formula is C22H25Cl4N3O4S. The number of hydrogen-bond donors (Lipinski definition) is 1. The van der Waals surface area contributed by atoms with Crippen LogP contribution in [-0.2, 0) is 26.2 Å². The molecule has 1 N–H and O–H groups in total. The monoisotopic (exact) mass is 567 g/mol. The van der Waals surface area contributed by atoms with E-state index >= 15 is 0 Å². The molecule has 0 aliphatic carbocycles. The topological polar surface area (TPSA) is 86.8 Å². The number of benzene rings is 2. The summed E-state index contributed by atoms with van der Waals surface area (Å²) in [4.78, 5) is 27.6. The van der Waals surface area contributed by atoms with Gasteiger partial charge >= 0.3 is 0 Å². The number of nitrogens with zero attached hydrogens (tertiary/aromatic N) is 2. The molecule has 0 heterocycles. The molecule has 0 fully saturated rings. The minimum absolute atomic E-state index is 0.0149. The van der Waals surface area contributed by atoms with Crippen LogP contribution in [0.4, 0.5) is 5.69 Å². The van der Waals surface area contributed by atoms with Crippen LogP contribution in [-0.4, -0.2) is 50.5 Å². The van der Waals surface area contributed by atoms with Gasteiger partial charge in [0.1, 0.15) is 12.6 Å². The second-order valence-corrected chi connectivity index (χ2v) is 10.9. The molecule has 0 aliphatic rings. The van der Waals surface area contributed by atoms with E-state index in [1.807, 2.05) is 0 Å². The molecule has 0 saturated carbocycles. The molecule has 12 heteroatoms. The third-order valence-corrected chi connectivity index (χ3v) is 7.65. The zero-order chi connectivity index (χ0) is 25.6. The van der Waals surface area contributed by atoms with Crippen molar-refractivity contribution in [2.45, 2.75) is 32.9 Å². The average molecular weight is 569 g/mol. The molecule has 0 aliphatic heterocycles. The highest BCUT2D eigenvalue weighted by atomic mass is 35.5. The van der Waals surface area contributed by atoms with Crippen LogP contribution in [0.25, 0.3) is 0 Å². The summed E-state index contributed by atoms with van der Waals surface area (Å²) in [7, 11) is -3.95. The van der Waals surface area contributed by atoms with Gasteiger partial charge in [-0.25, -0.2) is 8.42 Å². The maximum Gasteiger partial charge on any atom is 0.244 e. The van der Waals surface area contributed by atoms with Gasteiger partial charge in [0, 0.05) is 28.7 Å². The van der Waals surface area contributed by atoms with Crippen molar-refractivity contribution in [3.63, 3.8) is 0 Å². The summed E-state index contributed by atoms with van der Waals surface area (Å²) in [5.74, 6) is -1.02. The van der Waals surface area contributed by atoms with E-state index in [9.17, 15) is 18.0 Å². The molecule has 34 heavy (non-hydrogen) atoms. The van der Waals surface area contributed by atoms with Gasteiger partial charge in [-0.1, -0.05) is 65.5 Å². The number of amides is 2. The van der Waals surface area contributed by atoms with E-state index < -0.39 is 28.5 Å². The van der Waals surface area contributed by atoms with Gasteiger partial charge in [-0.3, -0.25) is 13.9 Å². The Bertz CT molecular complexity index is 1140. The third-order valence-electron chi connectivity index (χ3n) is 5.01. The van der Waals surface area contributed by atoms with Gasteiger partial charge in [-0.15, -0.1) is 0 Å². The average Bonchev–Trinajstić information content (AvgIpc) is 2.75. The first-order valence-electron chi connectivity index (χ1n) is 10.3. The number of hydrogen-bond acceptors (Lipinski definition) is 4. The number of rotatable bonds is 10. The van der Waals surface area contributed by atoms with Crippen molar-refractivity contribution in [1.29, 1.82) is 0 Å². The second-order valence-electron chi connectivity index (χ2n) is 7.38. The van der Waals surface area contributed by atoms with Crippen molar-refractivity contribution in [2.75, 3.05) is 23.7 Å². The Morgan fingerprint density at radius 3 is 2.06 bits per heavy atom. The van der Waals surface area contributed by atoms with E-state index in [0.29, 0.717) is 22.2 Å². The molecule has 2 amide bonds. The maximum atomic E-state index is 13.6. The molecule has 0 aromatic heterocycles. The number of anilines is 1. The van der Waals surface area contributed by atoms with Gasteiger partial charge in [0.25, 0.3) is 0 Å². The number of halogens is 4. The summed E-state index contributed by atoms with van der Waals surface area (Å²) in [5, 5.41) is 3.46. The van der Waals surface area contributed by atoms with E-state index in [1.165, 1.54) is 23.1 Å². The lowest BCUT2D eigenvalue weighted by atomic mass is 10.1. The highest BCUT2D eigenvalue weighted by Crippen LogP contribution is 2.34. The molecule has 2 aromatic rings. The van der Waals surface area contributed by atoms with Crippen molar-refractivity contribution in [3.05, 3.63) is 62.1 Å². The summed E-state index contributed by atoms with van der Waals surface area (Å²) in [6.45, 7) is 3.15. The van der Waals surface area contributed by atoms with Crippen molar-refractivity contribution < 1.29 is 18.0 Å². The lowest BCUT2D eigenvalue weighted by molar-refractivity contribution is -0.140. The summed E-state index contributed by atoms with van der Waals surface area (Å²) in [6.07, 6.45) is 1.23. The number of carbonyl (C=O) groups is 2. The van der Waals surface area contributed by atoms with Gasteiger partial charge in [-0.2, -0.15) is 0 Å². The molecule has 0 bridgehead atoms. The van der Waals surface area contributed by atoms with E-state index in [1.54, 1.807) is 32.0 Å². The summed E-state index contributed by atoms with van der Waals surface area (Å²) in [6, 6.07) is 8.48. The van der Waals surface area contributed by atoms with Crippen molar-refractivity contribution >= 4 is 73.9 Å². The van der Waals surface area contributed by atoms with Gasteiger partial charge in [0.15, 0.2) is 0 Å². The Morgan fingerprint density at radius 1 is 0.971 bits per heavy atom. The van der Waals surface area contributed by atoms with E-state index in [0.717, 1.165) is 10.6 Å². The fourth-order valence-electron chi connectivity index (χ4n) is 3.35. The molecule has 1 unspecified atom stereocenters. The van der Waals surface area contributed by atoms with Crippen LogP contribution in [0.1, 0.15) is 25.8 Å². The molecule has 0 radical (unpaired) electrons. The number of likely N-dealkylation sites (N-methyl/N-ethyl adjacent to an activating group) is 1. The third kappa shape index (κ3) is 6.92. The van der Waals surface area contributed by atoms with Crippen LogP contribution in [0.5, 0.6) is 0 Å². The predicted molar refractivity (Wildman–Crippen MR) is 138 cm³/mol. The Balaban J connectivity index is 2.54. The quantitative estimate of drug-likeness (QED) is 0.436. The van der Waals surface area contributed by atoms with Crippen LogP contribution in [0, 0.1) is 0 Å². The predicted octanol–water partition coefficient (Wildman–Crippen LogP) is 5.01. The SMILES string of the molecule is CCNC(=O)C(CC)N(Cc1c(Cl)cccc1Cl)C(=O)CN(c1cccc(Cl)c1Cl)S(C)(=O)=O. The number of carbonyl (C=O) groups excluding carboxylic acids is 2. The maximum absolute atomic E-state index is 13.6. The zero-order valence-electron chi connectivity index (χ0n) is 18.8. The minimum Gasteiger partial charge on any atom is -0.355 e. The summed E-state index contributed by atoms with van der Waals surface area (Å²) >= 11 is 25.0. The van der Waals surface area contributed by atoms with E-state index in [-0.39, 0.29) is 34.6 Å². The first-order chi connectivity index (χ1) is 15.9. The van der Waals surface area contributed by atoms with Crippen LogP contribution in [0.2, 0.25) is 20.1 Å². The molecular weight excluding hydrogens is 544 g/mol. The van der Waals surface area contributed by atoms with Gasteiger partial charge in [-0.05, 0) is 37.6 Å². The van der Waals surface area contributed by atoms with Gasteiger partial charge in [0.05, 0.1) is 22.0 Å². The van der Waals surface area contributed by atoms with Crippen LogP contribution < -0.4 is 9.62 Å². The zero-order valence-corrected chi connectivity index (χ0v) is 22.7. The van der Waals surface area contributed by atoms with Crippen LogP contribution in [0.3, 0.4) is 0 Å². The first kappa shape index (κ1) is 28.5. The summed E-state index contributed by atoms with van der Waals surface area (Å²) < 4.78 is 26.1. The largest absolute Gasteiger partial charge is 0.355 e. The van der Waals surface area contributed by atoms with Crippen molar-refractivity contribution in [1.82, 2.24) is 10.2 Å². The molecule has 1 atom stereocenters. The van der Waals surface area contributed by atoms with E-state index in [2.05, 4.69) is 5.32 Å². The lowest BCUT2D eigenvalue weighted by Gasteiger charge is -2.33. The lowest BCUT2D eigenvalue weighted by Crippen LogP contribution is -2.52. The second kappa shape index (κ2) is 12.3. The van der Waals surface area contributed by atoms with Crippen LogP contribution in [0.15, 0.2) is 36.4 Å². The molecule has 186 valence electrons. The van der Waals surface area contributed by atoms with Gasteiger partial charge in [0.2, 0.25) is 21.8 Å². The van der Waals surface area contributed by atoms with Gasteiger partial charge < -0.3 is 10.2 Å². The smallest absolute Gasteiger partial charge is 0.244 e. The Labute approximate surface area is 220 Å². The molecule has 0 saturated heterocycles. The Morgan fingerprint density at radius 2 is 1.53 bits per heavy atom. The highest BCUT2D eigenvalue weighted by Gasteiger charge is 2.33. The van der Waals surface area contributed by atoms with Crippen molar-refractivity contribution in [3.8, 4) is 0 Å². The Kier molecular flexibility index (Phi) is 10.3. The van der Waals surface area contributed by atoms with E-state index in [4.69, 9.17) is 46.4 Å². The number of nitrogens with one attached hydrogen (secondary N) is 1. The standard InChI is InChI=1S/C22H25Cl4N3O4S/c1-4-18(22(31)27-5-2)28(12-14-15(23)8-6-9-16(14)24)20(30)13-29(34(3,32)33)19-11-7-10-17(25)21(19)26/h6-11,18H,4-5,12-13H2,1-3H3,(H,27,31). The van der Waals surface area contributed by atoms with Crippen LogP contribution >= 0.6 is 46.4 Å². The highest BCUT2D eigenvalue weighted by molar-refractivity contribution is 7.92. The fourth-order valence-corrected chi connectivity index (χ4v) is 5.16. The fraction of sp³-hybridized carbons (Fsp3) is 0.364. The molecule has 0 spiro atoms.